The second kappa shape index (κ2) is 9.06. The van der Waals surface area contributed by atoms with Gasteiger partial charge in [-0.15, -0.1) is 0 Å². The lowest BCUT2D eigenvalue weighted by Crippen LogP contribution is -2.48. The summed E-state index contributed by atoms with van der Waals surface area (Å²) in [7, 11) is 2.00. The zero-order valence-corrected chi connectivity index (χ0v) is 9.73. The molecule has 5 N–H and O–H groups in total. The first-order valence-electron chi connectivity index (χ1n) is 5.93. The molecule has 0 aromatic carbocycles. The molecule has 1 fully saturated rings. The first kappa shape index (κ1) is 12.9. The lowest BCUT2D eigenvalue weighted by molar-refractivity contribution is 0.441. The third kappa shape index (κ3) is 6.81. The Morgan fingerprint density at radius 3 is 2.20 bits per heavy atom. The van der Waals surface area contributed by atoms with Crippen LogP contribution in [0.5, 0.6) is 0 Å². The Hall–Kier alpha value is -0.200. The maximum absolute atomic E-state index is 3.53. The molecule has 0 bridgehead atoms. The van der Waals surface area contributed by atoms with Gasteiger partial charge in [0.05, 0.1) is 0 Å². The van der Waals surface area contributed by atoms with E-state index in [1.165, 1.54) is 0 Å². The van der Waals surface area contributed by atoms with Crippen LogP contribution in [0.15, 0.2) is 0 Å². The van der Waals surface area contributed by atoms with E-state index < -0.39 is 0 Å². The van der Waals surface area contributed by atoms with E-state index in [1.54, 1.807) is 0 Å². The van der Waals surface area contributed by atoms with Gasteiger partial charge in [-0.2, -0.15) is 0 Å². The monoisotopic (exact) mass is 215 g/mol. The Kier molecular flexibility index (Phi) is 7.77. The molecule has 0 aliphatic carbocycles. The average molecular weight is 215 g/mol. The number of hydrogen-bond acceptors (Lipinski definition) is 5. The van der Waals surface area contributed by atoms with Crippen LogP contribution in [0.3, 0.4) is 0 Å². The van der Waals surface area contributed by atoms with Gasteiger partial charge in [-0.1, -0.05) is 0 Å². The summed E-state index contributed by atoms with van der Waals surface area (Å²) in [5.41, 5.74) is 0. The predicted molar refractivity (Wildman–Crippen MR) is 64.3 cm³/mol. The van der Waals surface area contributed by atoms with E-state index in [0.29, 0.717) is 6.04 Å². The minimum Gasteiger partial charge on any atom is -0.318 e. The van der Waals surface area contributed by atoms with E-state index in [-0.39, 0.29) is 0 Å². The molecule has 0 saturated carbocycles. The summed E-state index contributed by atoms with van der Waals surface area (Å²) in [4.78, 5) is 0. The highest BCUT2D eigenvalue weighted by Gasteiger charge is 2.05. The van der Waals surface area contributed by atoms with Gasteiger partial charge < -0.3 is 26.6 Å². The van der Waals surface area contributed by atoms with Crippen molar-refractivity contribution < 1.29 is 0 Å². The summed E-state index contributed by atoms with van der Waals surface area (Å²) in [6, 6.07) is 0.524. The summed E-state index contributed by atoms with van der Waals surface area (Å²) >= 11 is 0. The molecule has 15 heavy (non-hydrogen) atoms. The Morgan fingerprint density at radius 1 is 0.933 bits per heavy atom. The number of likely N-dealkylation sites (N-methyl/N-ethyl adjacent to an activating group) is 1. The van der Waals surface area contributed by atoms with Crippen LogP contribution in [-0.2, 0) is 0 Å². The van der Waals surface area contributed by atoms with Crippen molar-refractivity contribution in [1.29, 1.82) is 0 Å². The first-order chi connectivity index (χ1) is 7.43. The summed E-state index contributed by atoms with van der Waals surface area (Å²) in [6.07, 6.45) is 0. The molecule has 1 atom stereocenters. The van der Waals surface area contributed by atoms with Crippen molar-refractivity contribution in [1.82, 2.24) is 26.6 Å². The molecule has 0 radical (unpaired) electrons. The maximum atomic E-state index is 3.53. The zero-order valence-electron chi connectivity index (χ0n) is 9.73. The van der Waals surface area contributed by atoms with Crippen LogP contribution in [0.1, 0.15) is 0 Å². The van der Waals surface area contributed by atoms with Crippen LogP contribution in [0, 0.1) is 0 Å². The van der Waals surface area contributed by atoms with E-state index >= 15 is 0 Å². The Labute approximate surface area is 92.8 Å². The minimum absolute atomic E-state index is 0.524. The molecule has 5 nitrogen and oxygen atoms in total. The zero-order chi connectivity index (χ0) is 10.8. The minimum atomic E-state index is 0.524. The normalized spacial score (nSPS) is 26.6. The molecule has 1 rings (SSSR count). The third-order valence-electron chi connectivity index (χ3n) is 2.53. The SMILES string of the molecule is CNCC1CNCCNCCNCCN1. The molecular weight excluding hydrogens is 190 g/mol. The lowest BCUT2D eigenvalue weighted by Gasteiger charge is -2.20. The first-order valence-corrected chi connectivity index (χ1v) is 5.93. The highest BCUT2D eigenvalue weighted by molar-refractivity contribution is 4.73. The number of nitrogens with one attached hydrogen (secondary N) is 5. The van der Waals surface area contributed by atoms with Crippen molar-refractivity contribution >= 4 is 0 Å². The van der Waals surface area contributed by atoms with Crippen LogP contribution < -0.4 is 26.6 Å². The van der Waals surface area contributed by atoms with Gasteiger partial charge >= 0.3 is 0 Å². The summed E-state index contributed by atoms with van der Waals surface area (Å²) in [5.74, 6) is 0. The van der Waals surface area contributed by atoms with Crippen molar-refractivity contribution in [2.24, 2.45) is 0 Å². The van der Waals surface area contributed by atoms with Gasteiger partial charge in [-0.25, -0.2) is 0 Å². The molecular formula is C10H25N5. The summed E-state index contributed by atoms with van der Waals surface area (Å²) < 4.78 is 0. The average Bonchev–Trinajstić information content (AvgIpc) is 2.22. The predicted octanol–water partition coefficient (Wildman–Crippen LogP) is -2.05. The molecule has 1 heterocycles. The van der Waals surface area contributed by atoms with Crippen LogP contribution in [0.2, 0.25) is 0 Å². The van der Waals surface area contributed by atoms with E-state index in [1.807, 2.05) is 7.05 Å². The highest BCUT2D eigenvalue weighted by atomic mass is 15.1. The van der Waals surface area contributed by atoms with Gasteiger partial charge in [0.25, 0.3) is 0 Å². The fraction of sp³-hybridized carbons (Fsp3) is 1.00. The van der Waals surface area contributed by atoms with Crippen LogP contribution >= 0.6 is 0 Å². The molecule has 0 spiro atoms. The standard InChI is InChI=1S/C10H25N5/c1-11-8-10-9-14-5-4-12-2-3-13-6-7-15-10/h10-15H,2-9H2,1H3. The second-order valence-electron chi connectivity index (χ2n) is 3.91. The molecule has 5 heteroatoms. The van der Waals surface area contributed by atoms with Gasteiger partial charge in [0.15, 0.2) is 0 Å². The van der Waals surface area contributed by atoms with E-state index in [0.717, 1.165) is 52.4 Å². The number of rotatable bonds is 2. The van der Waals surface area contributed by atoms with Gasteiger partial charge in [0.2, 0.25) is 0 Å². The molecule has 1 unspecified atom stereocenters. The molecule has 0 amide bonds. The fourth-order valence-corrected chi connectivity index (χ4v) is 1.71. The molecule has 0 aromatic heterocycles. The van der Waals surface area contributed by atoms with E-state index in [9.17, 15) is 0 Å². The topological polar surface area (TPSA) is 60.1 Å². The van der Waals surface area contributed by atoms with Crippen molar-refractivity contribution in [3.8, 4) is 0 Å². The summed E-state index contributed by atoms with van der Waals surface area (Å²) in [6.45, 7) is 8.33. The Bertz CT molecular complexity index is 130. The van der Waals surface area contributed by atoms with Crippen LogP contribution in [0.25, 0.3) is 0 Å². The molecule has 1 saturated heterocycles. The van der Waals surface area contributed by atoms with E-state index in [2.05, 4.69) is 26.6 Å². The van der Waals surface area contributed by atoms with Gasteiger partial charge in [-0.3, -0.25) is 0 Å². The van der Waals surface area contributed by atoms with Crippen molar-refractivity contribution in [3.63, 3.8) is 0 Å². The van der Waals surface area contributed by atoms with E-state index in [4.69, 9.17) is 0 Å². The molecule has 0 aromatic rings. The molecule has 1 aliphatic heterocycles. The van der Waals surface area contributed by atoms with Crippen molar-refractivity contribution in [2.75, 3.05) is 59.4 Å². The highest BCUT2D eigenvalue weighted by Crippen LogP contribution is 1.79. The molecule has 90 valence electrons. The summed E-state index contributed by atoms with van der Waals surface area (Å²) in [5, 5.41) is 17.0. The quantitative estimate of drug-likeness (QED) is 0.367. The van der Waals surface area contributed by atoms with Gasteiger partial charge in [-0.05, 0) is 7.05 Å². The second-order valence-corrected chi connectivity index (χ2v) is 3.91. The van der Waals surface area contributed by atoms with Crippen molar-refractivity contribution in [3.05, 3.63) is 0 Å². The van der Waals surface area contributed by atoms with Gasteiger partial charge in [0, 0.05) is 58.4 Å². The largest absolute Gasteiger partial charge is 0.318 e. The smallest absolute Gasteiger partial charge is 0.0317 e. The lowest BCUT2D eigenvalue weighted by atomic mass is 10.2. The maximum Gasteiger partial charge on any atom is 0.0317 e. The van der Waals surface area contributed by atoms with Gasteiger partial charge in [0.1, 0.15) is 0 Å². The Morgan fingerprint density at radius 2 is 1.53 bits per heavy atom. The third-order valence-corrected chi connectivity index (χ3v) is 2.53. The molecule has 1 aliphatic rings. The fourth-order valence-electron chi connectivity index (χ4n) is 1.71. The Balaban J connectivity index is 2.19. The van der Waals surface area contributed by atoms with Crippen LogP contribution in [0.4, 0.5) is 0 Å². The van der Waals surface area contributed by atoms with Crippen molar-refractivity contribution in [2.45, 2.75) is 6.04 Å². The number of hydrogen-bond donors (Lipinski definition) is 5. The van der Waals surface area contributed by atoms with Crippen LogP contribution in [-0.4, -0.2) is 65.4 Å².